The second-order valence-electron chi connectivity index (χ2n) is 7.56. The van der Waals surface area contributed by atoms with Crippen molar-refractivity contribution >= 4 is 29.4 Å². The number of carbonyl (C=O) groups is 2. The molecule has 2 rings (SSSR count). The van der Waals surface area contributed by atoms with Crippen LogP contribution in [-0.4, -0.2) is 58.8 Å². The average molecular weight is 414 g/mol. The summed E-state index contributed by atoms with van der Waals surface area (Å²) in [4.78, 5) is 31.2. The lowest BCUT2D eigenvalue weighted by molar-refractivity contribution is 0.0205. The van der Waals surface area contributed by atoms with E-state index in [2.05, 4.69) is 4.98 Å². The highest BCUT2D eigenvalue weighted by Crippen LogP contribution is 2.32. The minimum absolute atomic E-state index is 0.139. The van der Waals surface area contributed by atoms with E-state index in [0.29, 0.717) is 24.5 Å². The standard InChI is InChI=1S/C18H26ClN3O4.C2H6/c1-11-10-13(14(19)15(20-11)16(23)24)21(5)12-6-8-22(9-7-12)17(25)26-18(2,3)4;1-2/h10,12H,6-9H2,1-5H3,(H,23,24);1-2H3. The first-order valence-corrected chi connectivity index (χ1v) is 9.98. The first kappa shape index (κ1) is 24.0. The maximum absolute atomic E-state index is 12.2. The van der Waals surface area contributed by atoms with Gasteiger partial charge in [0.05, 0.1) is 10.7 Å². The average Bonchev–Trinajstić information content (AvgIpc) is 2.63. The van der Waals surface area contributed by atoms with Gasteiger partial charge in [0.1, 0.15) is 5.60 Å². The Hall–Kier alpha value is -2.02. The van der Waals surface area contributed by atoms with Gasteiger partial charge in [-0.3, -0.25) is 0 Å². The Morgan fingerprint density at radius 3 is 2.29 bits per heavy atom. The summed E-state index contributed by atoms with van der Waals surface area (Å²) < 4.78 is 5.41. The fourth-order valence-corrected chi connectivity index (χ4v) is 3.31. The van der Waals surface area contributed by atoms with Gasteiger partial charge >= 0.3 is 12.1 Å². The minimum Gasteiger partial charge on any atom is -0.476 e. The Bertz CT molecular complexity index is 695. The molecule has 2 heterocycles. The summed E-state index contributed by atoms with van der Waals surface area (Å²) in [5, 5.41) is 9.41. The van der Waals surface area contributed by atoms with Crippen LogP contribution in [0.4, 0.5) is 10.5 Å². The molecule has 7 nitrogen and oxygen atoms in total. The molecule has 1 aliphatic heterocycles. The largest absolute Gasteiger partial charge is 0.476 e. The third-order valence-electron chi connectivity index (χ3n) is 4.31. The minimum atomic E-state index is -1.15. The van der Waals surface area contributed by atoms with Crippen molar-refractivity contribution in [1.29, 1.82) is 0 Å². The number of aromatic carboxylic acids is 1. The quantitative estimate of drug-likeness (QED) is 0.779. The predicted molar refractivity (Wildman–Crippen MR) is 112 cm³/mol. The van der Waals surface area contributed by atoms with Crippen LogP contribution in [0, 0.1) is 6.92 Å². The summed E-state index contributed by atoms with van der Waals surface area (Å²) in [6.07, 6.45) is 1.19. The van der Waals surface area contributed by atoms with Gasteiger partial charge in [0.25, 0.3) is 0 Å². The summed E-state index contributed by atoms with van der Waals surface area (Å²) in [7, 11) is 1.89. The van der Waals surface area contributed by atoms with Gasteiger partial charge in [-0.2, -0.15) is 0 Å². The van der Waals surface area contributed by atoms with E-state index in [0.717, 1.165) is 12.8 Å². The Kier molecular flexibility index (Phi) is 8.54. The van der Waals surface area contributed by atoms with E-state index in [1.807, 2.05) is 46.6 Å². The second-order valence-corrected chi connectivity index (χ2v) is 7.94. The van der Waals surface area contributed by atoms with Crippen molar-refractivity contribution in [3.8, 4) is 0 Å². The lowest BCUT2D eigenvalue weighted by atomic mass is 10.0. The van der Waals surface area contributed by atoms with Gasteiger partial charge in [-0.1, -0.05) is 25.4 Å². The number of piperidine rings is 1. The normalized spacial score (nSPS) is 14.8. The van der Waals surface area contributed by atoms with Crippen molar-refractivity contribution in [1.82, 2.24) is 9.88 Å². The number of aryl methyl sites for hydroxylation is 1. The number of rotatable bonds is 3. The molecule has 28 heavy (non-hydrogen) atoms. The van der Waals surface area contributed by atoms with Gasteiger partial charge < -0.3 is 19.6 Å². The number of likely N-dealkylation sites (tertiary alicyclic amines) is 1. The smallest absolute Gasteiger partial charge is 0.410 e. The molecule has 0 saturated carbocycles. The van der Waals surface area contributed by atoms with E-state index in [1.165, 1.54) is 0 Å². The number of anilines is 1. The third kappa shape index (κ3) is 6.26. The van der Waals surface area contributed by atoms with Crippen LogP contribution >= 0.6 is 11.6 Å². The number of hydrogen-bond donors (Lipinski definition) is 1. The molecular formula is C20H32ClN3O4. The van der Waals surface area contributed by atoms with Crippen molar-refractivity contribution in [2.75, 3.05) is 25.0 Å². The number of carbonyl (C=O) groups excluding carboxylic acids is 1. The monoisotopic (exact) mass is 413 g/mol. The number of halogens is 1. The van der Waals surface area contributed by atoms with Crippen LogP contribution in [0.5, 0.6) is 0 Å². The molecular weight excluding hydrogens is 382 g/mol. The molecule has 0 aliphatic carbocycles. The summed E-state index contributed by atoms with van der Waals surface area (Å²) >= 11 is 6.27. The molecule has 1 N–H and O–H groups in total. The molecule has 0 radical (unpaired) electrons. The van der Waals surface area contributed by atoms with Crippen LogP contribution in [0.3, 0.4) is 0 Å². The maximum Gasteiger partial charge on any atom is 0.410 e. The first-order valence-electron chi connectivity index (χ1n) is 9.61. The Morgan fingerprint density at radius 2 is 1.82 bits per heavy atom. The SMILES string of the molecule is CC.Cc1cc(N(C)C2CCN(C(=O)OC(C)(C)C)CC2)c(Cl)c(C(=O)O)n1. The zero-order valence-electron chi connectivity index (χ0n) is 17.9. The number of pyridine rings is 1. The van der Waals surface area contributed by atoms with Crippen LogP contribution in [0.1, 0.15) is 63.6 Å². The molecule has 1 amide bonds. The zero-order valence-corrected chi connectivity index (χ0v) is 18.6. The molecule has 1 aliphatic rings. The van der Waals surface area contributed by atoms with E-state index in [-0.39, 0.29) is 22.9 Å². The van der Waals surface area contributed by atoms with Crippen LogP contribution in [-0.2, 0) is 4.74 Å². The molecule has 0 unspecified atom stereocenters. The Balaban J connectivity index is 0.00000190. The number of nitrogens with zero attached hydrogens (tertiary/aromatic N) is 3. The summed E-state index contributed by atoms with van der Waals surface area (Å²) in [6, 6.07) is 1.93. The lowest BCUT2D eigenvalue weighted by Crippen LogP contribution is -2.47. The molecule has 1 aromatic heterocycles. The summed E-state index contributed by atoms with van der Waals surface area (Å²) in [6.45, 7) is 12.4. The van der Waals surface area contributed by atoms with Crippen molar-refractivity contribution in [2.24, 2.45) is 0 Å². The van der Waals surface area contributed by atoms with Gasteiger partial charge in [-0.15, -0.1) is 0 Å². The molecule has 1 aromatic rings. The van der Waals surface area contributed by atoms with E-state index < -0.39 is 11.6 Å². The highest BCUT2D eigenvalue weighted by atomic mass is 35.5. The topological polar surface area (TPSA) is 83.0 Å². The molecule has 8 heteroatoms. The number of carboxylic acid groups (broad SMARTS) is 1. The van der Waals surface area contributed by atoms with Gasteiger partial charge in [-0.05, 0) is 46.6 Å². The number of hydrogen-bond acceptors (Lipinski definition) is 5. The molecule has 1 saturated heterocycles. The van der Waals surface area contributed by atoms with Crippen LogP contribution in [0.2, 0.25) is 5.02 Å². The maximum atomic E-state index is 12.2. The second kappa shape index (κ2) is 9.96. The first-order chi connectivity index (χ1) is 13.0. The van der Waals surface area contributed by atoms with E-state index in [1.54, 1.807) is 17.9 Å². The Morgan fingerprint density at radius 1 is 1.29 bits per heavy atom. The van der Waals surface area contributed by atoms with Crippen molar-refractivity contribution in [3.05, 3.63) is 22.5 Å². The molecule has 158 valence electrons. The predicted octanol–water partition coefficient (Wildman–Crippen LogP) is 4.60. The zero-order chi connectivity index (χ0) is 21.6. The molecule has 1 fully saturated rings. The number of carboxylic acids is 1. The third-order valence-corrected chi connectivity index (χ3v) is 4.69. The van der Waals surface area contributed by atoms with Crippen molar-refractivity contribution < 1.29 is 19.4 Å². The van der Waals surface area contributed by atoms with E-state index in [4.69, 9.17) is 16.3 Å². The summed E-state index contributed by atoms with van der Waals surface area (Å²) in [5.74, 6) is -1.15. The van der Waals surface area contributed by atoms with Crippen LogP contribution in [0.15, 0.2) is 6.07 Å². The van der Waals surface area contributed by atoms with Gasteiger partial charge in [0, 0.05) is 31.9 Å². The molecule has 0 bridgehead atoms. The van der Waals surface area contributed by atoms with E-state index in [9.17, 15) is 14.7 Å². The van der Waals surface area contributed by atoms with Crippen molar-refractivity contribution in [3.63, 3.8) is 0 Å². The highest BCUT2D eigenvalue weighted by molar-refractivity contribution is 6.35. The summed E-state index contributed by atoms with van der Waals surface area (Å²) in [5.41, 5.74) is 0.590. The van der Waals surface area contributed by atoms with Gasteiger partial charge in [0.15, 0.2) is 5.69 Å². The van der Waals surface area contributed by atoms with Gasteiger partial charge in [-0.25, -0.2) is 14.6 Å². The number of aromatic nitrogens is 1. The van der Waals surface area contributed by atoms with Crippen LogP contribution in [0.25, 0.3) is 0 Å². The highest BCUT2D eigenvalue weighted by Gasteiger charge is 2.30. The van der Waals surface area contributed by atoms with Crippen LogP contribution < -0.4 is 4.90 Å². The number of ether oxygens (including phenoxy) is 1. The molecule has 0 aromatic carbocycles. The fraction of sp³-hybridized carbons (Fsp3) is 0.650. The van der Waals surface area contributed by atoms with E-state index >= 15 is 0 Å². The molecule has 0 atom stereocenters. The van der Waals surface area contributed by atoms with Crippen molar-refractivity contribution in [2.45, 2.75) is 66.0 Å². The van der Waals surface area contributed by atoms with Gasteiger partial charge in [0.2, 0.25) is 0 Å². The Labute approximate surface area is 172 Å². The molecule has 0 spiro atoms. The fourth-order valence-electron chi connectivity index (χ4n) is 3.00. The lowest BCUT2D eigenvalue weighted by Gasteiger charge is -2.38. The number of amides is 1.